The van der Waals surface area contributed by atoms with Crippen LogP contribution in [0.25, 0.3) is 0 Å². The molecule has 6 rings (SSSR count). The Morgan fingerprint density at radius 3 is 2.55 bits per heavy atom. The van der Waals surface area contributed by atoms with E-state index in [1.807, 2.05) is 6.07 Å². The van der Waals surface area contributed by atoms with Crippen LogP contribution in [-0.2, 0) is 14.9 Å². The van der Waals surface area contributed by atoms with Gasteiger partial charge in [-0.15, -0.1) is 0 Å². The number of benzene rings is 1. The molecule has 0 radical (unpaired) electrons. The maximum absolute atomic E-state index is 13.0. The van der Waals surface area contributed by atoms with Crippen LogP contribution in [0.1, 0.15) is 129 Å². The summed E-state index contributed by atoms with van der Waals surface area (Å²) >= 11 is 0. The fraction of sp³-hybridized carbons (Fsp3) is 0.711. The molecule has 0 saturated heterocycles. The van der Waals surface area contributed by atoms with E-state index in [0.29, 0.717) is 29.1 Å². The van der Waals surface area contributed by atoms with Gasteiger partial charge in [-0.3, -0.25) is 4.79 Å². The molecule has 0 amide bonds. The molecule has 3 saturated carbocycles. The summed E-state index contributed by atoms with van der Waals surface area (Å²) in [7, 11) is 1.54. The molecule has 1 aliphatic heterocycles. The summed E-state index contributed by atoms with van der Waals surface area (Å²) in [5, 5.41) is 11.1. The van der Waals surface area contributed by atoms with Crippen LogP contribution in [0.3, 0.4) is 0 Å². The zero-order valence-corrected chi connectivity index (χ0v) is 27.3. The van der Waals surface area contributed by atoms with Crippen molar-refractivity contribution in [1.29, 1.82) is 0 Å². The van der Waals surface area contributed by atoms with Gasteiger partial charge in [0.1, 0.15) is 6.10 Å². The van der Waals surface area contributed by atoms with Crippen molar-refractivity contribution in [2.75, 3.05) is 7.11 Å². The first-order chi connectivity index (χ1) is 19.8. The Morgan fingerprint density at radius 2 is 1.81 bits per heavy atom. The number of phenols is 1. The number of hydrogen-bond donors (Lipinski definition) is 1. The number of methoxy groups -OCH3 is 1. The van der Waals surface area contributed by atoms with Gasteiger partial charge in [-0.25, -0.2) is 0 Å². The van der Waals surface area contributed by atoms with E-state index >= 15 is 0 Å². The molecule has 0 spiro atoms. The minimum atomic E-state index is -0.423. The second kappa shape index (κ2) is 10.2. The summed E-state index contributed by atoms with van der Waals surface area (Å²) in [5.41, 5.74) is 5.36. The summed E-state index contributed by atoms with van der Waals surface area (Å²) in [5.74, 6) is 2.66. The van der Waals surface area contributed by atoms with Crippen LogP contribution in [0.5, 0.6) is 11.5 Å². The molecule has 8 atom stereocenters. The lowest BCUT2D eigenvalue weighted by Gasteiger charge is -2.57. The van der Waals surface area contributed by atoms with Crippen LogP contribution < -0.4 is 4.74 Å². The molecular formula is C38H54O4. The maximum Gasteiger partial charge on any atom is 0.311 e. The number of esters is 1. The van der Waals surface area contributed by atoms with Gasteiger partial charge in [0, 0.05) is 5.56 Å². The van der Waals surface area contributed by atoms with Crippen molar-refractivity contribution < 1.29 is 19.4 Å². The van der Waals surface area contributed by atoms with Gasteiger partial charge in [0.2, 0.25) is 0 Å². The molecule has 0 aromatic heterocycles. The van der Waals surface area contributed by atoms with Crippen LogP contribution in [-0.4, -0.2) is 24.3 Å². The van der Waals surface area contributed by atoms with Crippen molar-refractivity contribution in [2.24, 2.45) is 34.0 Å². The normalized spacial score (nSPS) is 40.7. The zero-order valence-electron chi connectivity index (χ0n) is 27.3. The van der Waals surface area contributed by atoms with E-state index in [2.05, 4.69) is 60.3 Å². The van der Waals surface area contributed by atoms with Crippen LogP contribution in [0, 0.1) is 34.0 Å². The lowest BCUT2D eigenvalue weighted by molar-refractivity contribution is -0.167. The fourth-order valence-corrected chi connectivity index (χ4v) is 11.3. The first-order valence-electron chi connectivity index (χ1n) is 16.7. The smallest absolute Gasteiger partial charge is 0.311 e. The lowest BCUT2D eigenvalue weighted by Crippen LogP contribution is -2.53. The number of phenolic OH excluding ortho intramolecular Hbond substituents is 1. The number of ether oxygens (including phenoxy) is 2. The Bertz CT molecular complexity index is 1310. The summed E-state index contributed by atoms with van der Waals surface area (Å²) in [6.45, 7) is 18.8. The molecular weight excluding hydrogens is 520 g/mol. The first kappa shape index (κ1) is 29.8. The molecule has 1 aromatic rings. The van der Waals surface area contributed by atoms with Crippen molar-refractivity contribution in [1.82, 2.24) is 0 Å². The molecule has 4 aliphatic carbocycles. The third kappa shape index (κ3) is 4.32. The van der Waals surface area contributed by atoms with Gasteiger partial charge >= 0.3 is 5.97 Å². The highest BCUT2D eigenvalue weighted by Gasteiger charge is 2.58. The topological polar surface area (TPSA) is 55.8 Å². The molecule has 1 N–H and O–H groups in total. The number of carbonyl (C=O) groups is 1. The minimum absolute atomic E-state index is 0.0287. The van der Waals surface area contributed by atoms with Gasteiger partial charge in [-0.05, 0) is 129 Å². The average Bonchev–Trinajstić information content (AvgIpc) is 2.93. The number of hydrogen-bond acceptors (Lipinski definition) is 4. The highest BCUT2D eigenvalue weighted by molar-refractivity contribution is 5.77. The number of fused-ring (bicyclic) bond motifs is 3. The standard InChI is InChI=1S/C38H54O4/c1-23-12-16-30-36(5,19-10-20-38(30,7)34(40)41-8)26(23)13-11-24(2)29-21-25-22-31-35(3,4)17-9-18-37(31,6)27-14-15-28(39)33(42-29)32(25)27/h11,14-15,25-26,29-31,39H,1,9-10,12-13,16-22H2,2-8H3/b24-11+/t25-,26+,29+,30-,31+,36-,37-,38-/m1/s1. The average molecular weight is 575 g/mol. The number of carbonyl (C=O) groups excluding carboxylic acids is 1. The van der Waals surface area contributed by atoms with E-state index in [4.69, 9.17) is 9.47 Å². The summed E-state index contributed by atoms with van der Waals surface area (Å²) < 4.78 is 12.1. The predicted molar refractivity (Wildman–Crippen MR) is 169 cm³/mol. The van der Waals surface area contributed by atoms with Crippen LogP contribution >= 0.6 is 0 Å². The van der Waals surface area contributed by atoms with Crippen molar-refractivity contribution in [2.45, 2.75) is 130 Å². The second-order valence-electron chi connectivity index (χ2n) is 16.2. The van der Waals surface area contributed by atoms with E-state index in [1.165, 1.54) is 55.1 Å². The first-order valence-corrected chi connectivity index (χ1v) is 16.7. The molecule has 1 heterocycles. The second-order valence-corrected chi connectivity index (χ2v) is 16.2. The molecule has 3 fully saturated rings. The van der Waals surface area contributed by atoms with Gasteiger partial charge in [0.15, 0.2) is 11.5 Å². The Balaban J connectivity index is 1.28. The third-order valence-electron chi connectivity index (χ3n) is 13.6. The quantitative estimate of drug-likeness (QED) is 0.287. The molecule has 4 heteroatoms. The molecule has 42 heavy (non-hydrogen) atoms. The third-order valence-corrected chi connectivity index (χ3v) is 13.6. The Hall–Kier alpha value is -2.23. The van der Waals surface area contributed by atoms with Crippen molar-refractivity contribution in [3.8, 4) is 11.5 Å². The molecule has 230 valence electrons. The van der Waals surface area contributed by atoms with E-state index in [-0.39, 0.29) is 28.7 Å². The van der Waals surface area contributed by atoms with Gasteiger partial charge in [0.25, 0.3) is 0 Å². The molecule has 4 nitrogen and oxygen atoms in total. The monoisotopic (exact) mass is 574 g/mol. The SMILES string of the molecule is C=C1CC[C@@H]2[C@](C)(CCC[C@@]2(C)C(=O)OC)[C@H]1C/C=C(\C)[C@@H]1C[C@@H]2C[C@H]3C(C)(C)CCC[C@]3(C)c3ccc(O)c(c32)O1. The minimum Gasteiger partial charge on any atom is -0.504 e. The van der Waals surface area contributed by atoms with Crippen molar-refractivity contribution in [3.63, 3.8) is 0 Å². The van der Waals surface area contributed by atoms with E-state index < -0.39 is 5.41 Å². The van der Waals surface area contributed by atoms with Crippen molar-refractivity contribution >= 4 is 5.97 Å². The molecule has 0 bridgehead atoms. The van der Waals surface area contributed by atoms with E-state index in [9.17, 15) is 9.90 Å². The summed E-state index contributed by atoms with van der Waals surface area (Å²) in [6.07, 6.45) is 14.3. The number of allylic oxidation sites excluding steroid dienone is 2. The fourth-order valence-electron chi connectivity index (χ4n) is 11.3. The number of rotatable bonds is 4. The maximum atomic E-state index is 13.0. The Labute approximate surface area is 254 Å². The Kier molecular flexibility index (Phi) is 7.22. The highest BCUT2D eigenvalue weighted by atomic mass is 16.5. The van der Waals surface area contributed by atoms with Gasteiger partial charge < -0.3 is 14.6 Å². The zero-order chi connectivity index (χ0) is 30.2. The molecule has 1 aromatic carbocycles. The van der Waals surface area contributed by atoms with Crippen LogP contribution in [0.15, 0.2) is 35.9 Å². The van der Waals surface area contributed by atoms with E-state index in [1.54, 1.807) is 0 Å². The number of aromatic hydroxyl groups is 1. The van der Waals surface area contributed by atoms with Crippen LogP contribution in [0.2, 0.25) is 0 Å². The molecule has 0 unspecified atom stereocenters. The summed E-state index contributed by atoms with van der Waals surface area (Å²) in [4.78, 5) is 13.0. The van der Waals surface area contributed by atoms with Gasteiger partial charge in [-0.1, -0.05) is 64.8 Å². The van der Waals surface area contributed by atoms with Gasteiger partial charge in [-0.2, -0.15) is 0 Å². The summed E-state index contributed by atoms with van der Waals surface area (Å²) in [6, 6.07) is 4.09. The van der Waals surface area contributed by atoms with Crippen LogP contribution in [0.4, 0.5) is 0 Å². The van der Waals surface area contributed by atoms with Crippen molar-refractivity contribution in [3.05, 3.63) is 47.1 Å². The molecule has 5 aliphatic rings. The predicted octanol–water partition coefficient (Wildman–Crippen LogP) is 9.40. The largest absolute Gasteiger partial charge is 0.504 e. The van der Waals surface area contributed by atoms with E-state index in [0.717, 1.165) is 50.7 Å². The lowest BCUT2D eigenvalue weighted by atomic mass is 9.46. The van der Waals surface area contributed by atoms with Gasteiger partial charge in [0.05, 0.1) is 12.5 Å². The highest BCUT2D eigenvalue weighted by Crippen LogP contribution is 2.64. The Morgan fingerprint density at radius 1 is 1.07 bits per heavy atom.